The molecule has 1 saturated carbocycles. The third kappa shape index (κ3) is 1.05. The largest absolute Gasteiger partial charge is 0.289 e. The van der Waals surface area contributed by atoms with Crippen molar-refractivity contribution in [3.63, 3.8) is 0 Å². The first-order chi connectivity index (χ1) is 6.36. The van der Waals surface area contributed by atoms with Crippen LogP contribution >= 0.6 is 11.6 Å². The minimum absolute atomic E-state index is 0.733. The number of halogens is 1. The average Bonchev–Trinajstić information content (AvgIpc) is 2.83. The van der Waals surface area contributed by atoms with Crippen LogP contribution in [-0.2, 0) is 0 Å². The van der Waals surface area contributed by atoms with Gasteiger partial charge < -0.3 is 0 Å². The van der Waals surface area contributed by atoms with E-state index in [0.717, 1.165) is 16.6 Å². The molecule has 0 aromatic carbocycles. The van der Waals surface area contributed by atoms with Crippen molar-refractivity contribution >= 4 is 17.1 Å². The summed E-state index contributed by atoms with van der Waals surface area (Å²) in [6.07, 6.45) is 6.27. The monoisotopic (exact) mass is 192 g/mol. The molecule has 0 aliphatic heterocycles. The second-order valence-electron chi connectivity index (χ2n) is 3.53. The zero-order valence-corrected chi connectivity index (χ0v) is 7.83. The Morgan fingerprint density at radius 3 is 3.00 bits per heavy atom. The third-order valence-electron chi connectivity index (χ3n) is 2.58. The highest BCUT2D eigenvalue weighted by Gasteiger charge is 2.25. The number of fused-ring (bicyclic) bond motifs is 1. The topological polar surface area (TPSA) is 17.3 Å². The molecule has 1 aliphatic rings. The second-order valence-corrected chi connectivity index (χ2v) is 3.92. The Hall–Kier alpha value is -1.02. The van der Waals surface area contributed by atoms with E-state index in [1.165, 1.54) is 18.4 Å². The molecule has 2 nitrogen and oxygen atoms in total. The van der Waals surface area contributed by atoms with Gasteiger partial charge in [-0.05, 0) is 30.4 Å². The van der Waals surface area contributed by atoms with Crippen LogP contribution in [0, 0.1) is 0 Å². The SMILES string of the molecule is Clc1ccc(C2CC2)c2cncn12. The van der Waals surface area contributed by atoms with Crippen LogP contribution in [-0.4, -0.2) is 9.38 Å². The van der Waals surface area contributed by atoms with Gasteiger partial charge in [-0.2, -0.15) is 0 Å². The minimum atomic E-state index is 0.733. The lowest BCUT2D eigenvalue weighted by Gasteiger charge is -2.03. The molecule has 0 atom stereocenters. The molecule has 1 aliphatic carbocycles. The number of hydrogen-bond donors (Lipinski definition) is 0. The average molecular weight is 193 g/mol. The van der Waals surface area contributed by atoms with Crippen LogP contribution in [0.5, 0.6) is 0 Å². The van der Waals surface area contributed by atoms with E-state index in [4.69, 9.17) is 11.6 Å². The highest BCUT2D eigenvalue weighted by atomic mass is 35.5. The lowest BCUT2D eigenvalue weighted by Crippen LogP contribution is -1.89. The molecule has 0 saturated heterocycles. The molecule has 0 N–H and O–H groups in total. The summed E-state index contributed by atoms with van der Waals surface area (Å²) >= 11 is 6.02. The number of aromatic nitrogens is 2. The molecule has 13 heavy (non-hydrogen) atoms. The molecule has 2 aromatic rings. The maximum Gasteiger partial charge on any atom is 0.114 e. The first-order valence-corrected chi connectivity index (χ1v) is 4.84. The van der Waals surface area contributed by atoms with Gasteiger partial charge in [-0.15, -0.1) is 0 Å². The predicted molar refractivity (Wildman–Crippen MR) is 52.2 cm³/mol. The van der Waals surface area contributed by atoms with Crippen LogP contribution in [0.4, 0.5) is 0 Å². The van der Waals surface area contributed by atoms with Crippen molar-refractivity contribution in [2.45, 2.75) is 18.8 Å². The van der Waals surface area contributed by atoms with E-state index in [0.29, 0.717) is 0 Å². The lowest BCUT2D eigenvalue weighted by molar-refractivity contribution is 1.08. The van der Waals surface area contributed by atoms with Gasteiger partial charge in [-0.3, -0.25) is 4.40 Å². The van der Waals surface area contributed by atoms with Crippen LogP contribution in [0.3, 0.4) is 0 Å². The van der Waals surface area contributed by atoms with E-state index >= 15 is 0 Å². The zero-order valence-electron chi connectivity index (χ0n) is 7.07. The van der Waals surface area contributed by atoms with Gasteiger partial charge in [0.2, 0.25) is 0 Å². The van der Waals surface area contributed by atoms with Crippen LogP contribution in [0.2, 0.25) is 5.15 Å². The van der Waals surface area contributed by atoms with E-state index in [9.17, 15) is 0 Å². The Bertz CT molecular complexity index is 457. The Morgan fingerprint density at radius 1 is 1.38 bits per heavy atom. The molecule has 0 unspecified atom stereocenters. The van der Waals surface area contributed by atoms with E-state index in [2.05, 4.69) is 11.1 Å². The standard InChI is InChI=1S/C10H9ClN2/c11-10-4-3-8(7-1-2-7)9-5-12-6-13(9)10/h3-7H,1-2H2. The van der Waals surface area contributed by atoms with Crippen LogP contribution in [0.15, 0.2) is 24.7 Å². The Balaban J connectivity index is 2.34. The highest BCUT2D eigenvalue weighted by Crippen LogP contribution is 2.42. The molecule has 2 aromatic heterocycles. The van der Waals surface area contributed by atoms with Gasteiger partial charge in [-0.25, -0.2) is 4.98 Å². The molecule has 0 radical (unpaired) electrons. The summed E-state index contributed by atoms with van der Waals surface area (Å²) in [5.74, 6) is 0.747. The summed E-state index contributed by atoms with van der Waals surface area (Å²) in [6.45, 7) is 0. The molecule has 1 fully saturated rings. The van der Waals surface area contributed by atoms with E-state index in [-0.39, 0.29) is 0 Å². The molecular weight excluding hydrogens is 184 g/mol. The fourth-order valence-corrected chi connectivity index (χ4v) is 1.94. The van der Waals surface area contributed by atoms with E-state index < -0.39 is 0 Å². The van der Waals surface area contributed by atoms with Crippen LogP contribution < -0.4 is 0 Å². The van der Waals surface area contributed by atoms with Crippen molar-refractivity contribution in [1.29, 1.82) is 0 Å². The third-order valence-corrected chi connectivity index (χ3v) is 2.89. The predicted octanol–water partition coefficient (Wildman–Crippen LogP) is 2.87. The van der Waals surface area contributed by atoms with Gasteiger partial charge in [0.15, 0.2) is 0 Å². The fraction of sp³-hybridized carbons (Fsp3) is 0.300. The van der Waals surface area contributed by atoms with Gasteiger partial charge in [0.1, 0.15) is 11.5 Å². The molecule has 0 spiro atoms. The quantitative estimate of drug-likeness (QED) is 0.636. The van der Waals surface area contributed by atoms with Gasteiger partial charge in [0.25, 0.3) is 0 Å². The van der Waals surface area contributed by atoms with Crippen molar-refractivity contribution in [3.05, 3.63) is 35.4 Å². The number of hydrogen-bond acceptors (Lipinski definition) is 1. The van der Waals surface area contributed by atoms with Crippen molar-refractivity contribution in [1.82, 2.24) is 9.38 Å². The van der Waals surface area contributed by atoms with Crippen LogP contribution in [0.1, 0.15) is 24.3 Å². The molecule has 0 amide bonds. The van der Waals surface area contributed by atoms with Gasteiger partial charge in [0.05, 0.1) is 11.7 Å². The van der Waals surface area contributed by atoms with Crippen molar-refractivity contribution < 1.29 is 0 Å². The Labute approximate surface area is 81.2 Å². The Kier molecular flexibility index (Phi) is 1.41. The van der Waals surface area contributed by atoms with Gasteiger partial charge >= 0.3 is 0 Å². The first-order valence-electron chi connectivity index (χ1n) is 4.47. The van der Waals surface area contributed by atoms with Crippen molar-refractivity contribution in [2.24, 2.45) is 0 Å². The molecule has 66 valence electrons. The summed E-state index contributed by atoms with van der Waals surface area (Å²) in [5.41, 5.74) is 2.55. The Morgan fingerprint density at radius 2 is 2.23 bits per heavy atom. The molecule has 0 bridgehead atoms. The minimum Gasteiger partial charge on any atom is -0.289 e. The van der Waals surface area contributed by atoms with Crippen molar-refractivity contribution in [3.8, 4) is 0 Å². The summed E-state index contributed by atoms with van der Waals surface area (Å²) in [4.78, 5) is 4.11. The van der Waals surface area contributed by atoms with Gasteiger partial charge in [0, 0.05) is 0 Å². The van der Waals surface area contributed by atoms with E-state index in [1.807, 2.05) is 16.7 Å². The molecule has 3 rings (SSSR count). The number of nitrogens with zero attached hydrogens (tertiary/aromatic N) is 2. The van der Waals surface area contributed by atoms with Gasteiger partial charge in [-0.1, -0.05) is 17.7 Å². The number of imidazole rings is 1. The summed E-state index contributed by atoms with van der Waals surface area (Å²) < 4.78 is 1.94. The van der Waals surface area contributed by atoms with Crippen LogP contribution in [0.25, 0.3) is 5.52 Å². The fourth-order valence-electron chi connectivity index (χ4n) is 1.74. The lowest BCUT2D eigenvalue weighted by atomic mass is 10.1. The second kappa shape index (κ2) is 2.48. The first kappa shape index (κ1) is 7.39. The number of pyridine rings is 1. The summed E-state index contributed by atoms with van der Waals surface area (Å²) in [6, 6.07) is 4.07. The maximum absolute atomic E-state index is 6.02. The normalized spacial score (nSPS) is 16.7. The summed E-state index contributed by atoms with van der Waals surface area (Å²) in [5, 5.41) is 0.733. The highest BCUT2D eigenvalue weighted by molar-refractivity contribution is 6.29. The number of rotatable bonds is 1. The molecule has 2 heterocycles. The molecule has 3 heteroatoms. The summed E-state index contributed by atoms with van der Waals surface area (Å²) in [7, 11) is 0. The maximum atomic E-state index is 6.02. The van der Waals surface area contributed by atoms with Crippen molar-refractivity contribution in [2.75, 3.05) is 0 Å². The van der Waals surface area contributed by atoms with E-state index in [1.54, 1.807) is 6.33 Å². The molecular formula is C10H9ClN2. The zero-order chi connectivity index (χ0) is 8.84. The smallest absolute Gasteiger partial charge is 0.114 e.